The number of likely N-dealkylation sites (tertiary alicyclic amines) is 1. The molecule has 1 saturated heterocycles. The fourth-order valence-corrected chi connectivity index (χ4v) is 5.43. The number of aryl methyl sites for hydroxylation is 3. The van der Waals surface area contributed by atoms with Crippen LogP contribution < -0.4 is 4.74 Å². The highest BCUT2D eigenvalue weighted by Gasteiger charge is 2.25. The minimum Gasteiger partial charge on any atom is -0.410 e. The second kappa shape index (κ2) is 10.3. The lowest BCUT2D eigenvalue weighted by Gasteiger charge is -2.30. The molecule has 1 amide bonds. The van der Waals surface area contributed by atoms with Crippen LogP contribution in [0.4, 0.5) is 4.79 Å². The monoisotopic (exact) mass is 457 g/mol. The van der Waals surface area contributed by atoms with Gasteiger partial charge in [0.05, 0.1) is 0 Å². The van der Waals surface area contributed by atoms with Gasteiger partial charge < -0.3 is 18.8 Å². The molecule has 1 fully saturated rings. The van der Waals surface area contributed by atoms with Gasteiger partial charge in [0.2, 0.25) is 0 Å². The molecule has 0 bridgehead atoms. The molecular weight excluding hydrogens is 430 g/mol. The first-order valence-electron chi connectivity index (χ1n) is 10.4. The van der Waals surface area contributed by atoms with Crippen molar-refractivity contribution in [2.45, 2.75) is 34.8 Å². The van der Waals surface area contributed by atoms with Crippen molar-refractivity contribution >= 4 is 29.6 Å². The minimum absolute atomic E-state index is 0.265. The number of thioether (sulfide) groups is 2. The lowest BCUT2D eigenvalue weighted by molar-refractivity contribution is 0.143. The second-order valence-corrected chi connectivity index (χ2v) is 9.89. The minimum atomic E-state index is -0.265. The number of hydrogen-bond donors (Lipinski definition) is 0. The van der Waals surface area contributed by atoms with Gasteiger partial charge >= 0.3 is 6.09 Å². The standard InChI is InChI=1S/C22H27N5O2S2/c1-25-14-10-23-20(25)30-16-9-17-3-5-18(6-4-17)29-22(28)27-12-7-19(8-13-27)31-21-24-11-15-26(21)2/h3-6,10-11,14-15,19H,7-9,12-13,16H2,1-2H3. The Balaban J connectivity index is 1.20. The summed E-state index contributed by atoms with van der Waals surface area (Å²) in [4.78, 5) is 23.0. The topological polar surface area (TPSA) is 65.2 Å². The molecule has 0 N–H and O–H groups in total. The van der Waals surface area contributed by atoms with E-state index in [1.807, 2.05) is 72.3 Å². The number of hydrogen-bond acceptors (Lipinski definition) is 6. The van der Waals surface area contributed by atoms with Crippen molar-refractivity contribution < 1.29 is 9.53 Å². The number of benzene rings is 1. The Morgan fingerprint density at radius 1 is 1.03 bits per heavy atom. The smallest absolute Gasteiger partial charge is 0.410 e. The van der Waals surface area contributed by atoms with Crippen LogP contribution in [0, 0.1) is 0 Å². The zero-order chi connectivity index (χ0) is 21.6. The van der Waals surface area contributed by atoms with Crippen molar-refractivity contribution in [3.8, 4) is 5.75 Å². The molecule has 0 spiro atoms. The van der Waals surface area contributed by atoms with E-state index in [1.54, 1.807) is 28.4 Å². The van der Waals surface area contributed by atoms with Gasteiger partial charge in [-0.25, -0.2) is 14.8 Å². The van der Waals surface area contributed by atoms with Crippen LogP contribution in [0.5, 0.6) is 5.75 Å². The molecule has 1 aliphatic heterocycles. The first kappa shape index (κ1) is 21.8. The zero-order valence-corrected chi connectivity index (χ0v) is 19.4. The van der Waals surface area contributed by atoms with Gasteiger partial charge in [-0.15, -0.1) is 0 Å². The van der Waals surface area contributed by atoms with Crippen LogP contribution in [0.2, 0.25) is 0 Å². The second-order valence-electron chi connectivity index (χ2n) is 7.56. The lowest BCUT2D eigenvalue weighted by Crippen LogP contribution is -2.40. The highest BCUT2D eigenvalue weighted by atomic mass is 32.2. The van der Waals surface area contributed by atoms with E-state index in [2.05, 4.69) is 9.97 Å². The van der Waals surface area contributed by atoms with E-state index in [1.165, 1.54) is 5.56 Å². The quantitative estimate of drug-likeness (QED) is 0.495. The van der Waals surface area contributed by atoms with Crippen LogP contribution in [0.3, 0.4) is 0 Å². The largest absolute Gasteiger partial charge is 0.415 e. The van der Waals surface area contributed by atoms with Crippen LogP contribution in [-0.4, -0.2) is 54.2 Å². The highest BCUT2D eigenvalue weighted by Crippen LogP contribution is 2.29. The summed E-state index contributed by atoms with van der Waals surface area (Å²) < 4.78 is 9.65. The normalized spacial score (nSPS) is 14.7. The maximum Gasteiger partial charge on any atom is 0.415 e. The summed E-state index contributed by atoms with van der Waals surface area (Å²) in [6, 6.07) is 7.80. The Labute approximate surface area is 191 Å². The van der Waals surface area contributed by atoms with Crippen molar-refractivity contribution in [2.24, 2.45) is 14.1 Å². The average molecular weight is 458 g/mol. The summed E-state index contributed by atoms with van der Waals surface area (Å²) in [6.45, 7) is 1.42. The number of nitrogens with zero attached hydrogens (tertiary/aromatic N) is 5. The van der Waals surface area contributed by atoms with Crippen LogP contribution in [0.25, 0.3) is 0 Å². The molecule has 0 radical (unpaired) electrons. The van der Waals surface area contributed by atoms with Crippen molar-refractivity contribution in [1.29, 1.82) is 0 Å². The molecule has 0 saturated carbocycles. The molecule has 0 unspecified atom stereocenters. The number of carbonyl (C=O) groups excluding carboxylic acids is 1. The van der Waals surface area contributed by atoms with Crippen LogP contribution >= 0.6 is 23.5 Å². The predicted octanol–water partition coefficient (Wildman–Crippen LogP) is 4.24. The molecule has 164 valence electrons. The van der Waals surface area contributed by atoms with E-state index in [9.17, 15) is 4.79 Å². The van der Waals surface area contributed by atoms with Gasteiger partial charge in [-0.2, -0.15) is 0 Å². The Hall–Kier alpha value is -2.39. The molecule has 0 atom stereocenters. The van der Waals surface area contributed by atoms with Gasteiger partial charge in [0.1, 0.15) is 5.75 Å². The molecule has 9 heteroatoms. The molecule has 7 nitrogen and oxygen atoms in total. The van der Waals surface area contributed by atoms with Gasteiger partial charge in [-0.05, 0) is 37.0 Å². The maximum absolute atomic E-state index is 12.5. The van der Waals surface area contributed by atoms with Crippen molar-refractivity contribution in [3.63, 3.8) is 0 Å². The highest BCUT2D eigenvalue weighted by molar-refractivity contribution is 7.99. The molecule has 3 aromatic rings. The van der Waals surface area contributed by atoms with Gasteiger partial charge in [0.15, 0.2) is 10.3 Å². The molecule has 4 rings (SSSR count). The predicted molar refractivity (Wildman–Crippen MR) is 124 cm³/mol. The number of imidazole rings is 2. The Bertz CT molecular complexity index is 994. The Morgan fingerprint density at radius 2 is 1.68 bits per heavy atom. The summed E-state index contributed by atoms with van der Waals surface area (Å²) >= 11 is 3.53. The summed E-state index contributed by atoms with van der Waals surface area (Å²) in [6.07, 6.45) is 10.1. The van der Waals surface area contributed by atoms with E-state index >= 15 is 0 Å². The summed E-state index contributed by atoms with van der Waals surface area (Å²) in [5, 5.41) is 2.53. The van der Waals surface area contributed by atoms with Gasteiger partial charge in [0, 0.05) is 63.0 Å². The molecule has 31 heavy (non-hydrogen) atoms. The van der Waals surface area contributed by atoms with Gasteiger partial charge in [-0.1, -0.05) is 35.7 Å². The fourth-order valence-electron chi connectivity index (χ4n) is 3.41. The third-order valence-electron chi connectivity index (χ3n) is 5.28. The average Bonchev–Trinajstić information content (AvgIpc) is 3.37. The Kier molecular flexibility index (Phi) is 7.24. The zero-order valence-electron chi connectivity index (χ0n) is 17.8. The molecule has 3 heterocycles. The summed E-state index contributed by atoms with van der Waals surface area (Å²) in [5.74, 6) is 1.55. The van der Waals surface area contributed by atoms with E-state index in [0.717, 1.165) is 35.3 Å². The molecular formula is C22H27N5O2S2. The molecule has 1 aliphatic rings. The molecule has 0 aliphatic carbocycles. The van der Waals surface area contributed by atoms with Crippen LogP contribution in [0.15, 0.2) is 59.4 Å². The van der Waals surface area contributed by atoms with Gasteiger partial charge in [-0.3, -0.25) is 0 Å². The number of carbonyl (C=O) groups is 1. The molecule has 2 aromatic heterocycles. The fraction of sp³-hybridized carbons (Fsp3) is 0.409. The van der Waals surface area contributed by atoms with Crippen LogP contribution in [0.1, 0.15) is 18.4 Å². The van der Waals surface area contributed by atoms with E-state index in [-0.39, 0.29) is 6.09 Å². The Morgan fingerprint density at radius 3 is 2.29 bits per heavy atom. The number of aromatic nitrogens is 4. The third-order valence-corrected chi connectivity index (χ3v) is 7.75. The van der Waals surface area contributed by atoms with E-state index in [0.29, 0.717) is 24.1 Å². The SMILES string of the molecule is Cn1ccnc1SCCc1ccc(OC(=O)N2CCC(Sc3nccn3C)CC2)cc1. The number of piperidine rings is 1. The summed E-state index contributed by atoms with van der Waals surface area (Å²) in [7, 11) is 4.01. The van der Waals surface area contributed by atoms with Crippen molar-refractivity contribution in [1.82, 2.24) is 24.0 Å². The third kappa shape index (κ3) is 5.86. The number of amides is 1. The van der Waals surface area contributed by atoms with E-state index < -0.39 is 0 Å². The first-order chi connectivity index (χ1) is 15.1. The summed E-state index contributed by atoms with van der Waals surface area (Å²) in [5.41, 5.74) is 1.22. The van der Waals surface area contributed by atoms with Crippen molar-refractivity contribution in [3.05, 3.63) is 54.6 Å². The van der Waals surface area contributed by atoms with Gasteiger partial charge in [0.25, 0.3) is 0 Å². The number of rotatable bonds is 7. The van der Waals surface area contributed by atoms with E-state index in [4.69, 9.17) is 4.74 Å². The van der Waals surface area contributed by atoms with Crippen LogP contribution in [-0.2, 0) is 20.5 Å². The maximum atomic E-state index is 12.5. The molecule has 1 aromatic carbocycles. The first-order valence-corrected chi connectivity index (χ1v) is 12.2. The number of ether oxygens (including phenoxy) is 1. The van der Waals surface area contributed by atoms with Crippen molar-refractivity contribution in [2.75, 3.05) is 18.8 Å². The lowest BCUT2D eigenvalue weighted by atomic mass is 10.1.